The molecule has 2 heteroatoms. The summed E-state index contributed by atoms with van der Waals surface area (Å²) in [6.07, 6.45) is 3.20. The maximum Gasteiger partial charge on any atom is 0.0471 e. The summed E-state index contributed by atoms with van der Waals surface area (Å²) in [6.45, 7) is 2.50. The fourth-order valence-corrected chi connectivity index (χ4v) is 2.26. The summed E-state index contributed by atoms with van der Waals surface area (Å²) >= 11 is 0. The van der Waals surface area contributed by atoms with Crippen LogP contribution < -0.4 is 0 Å². The number of hydrogen-bond donors (Lipinski definition) is 1. The molecule has 0 amide bonds. The highest BCUT2D eigenvalue weighted by Crippen LogP contribution is 2.19. The highest BCUT2D eigenvalue weighted by Gasteiger charge is 2.11. The summed E-state index contributed by atoms with van der Waals surface area (Å²) in [4.78, 5) is 2.37. The topological polar surface area (TPSA) is 23.5 Å². The summed E-state index contributed by atoms with van der Waals surface area (Å²) in [6, 6.07) is 6.64. The molecule has 82 valence electrons. The first-order valence-electron chi connectivity index (χ1n) is 5.69. The van der Waals surface area contributed by atoms with Gasteiger partial charge in [0.25, 0.3) is 0 Å². The van der Waals surface area contributed by atoms with Crippen LogP contribution in [0.15, 0.2) is 18.2 Å². The maximum absolute atomic E-state index is 8.91. The number of aliphatic hydroxyl groups is 1. The molecule has 1 aliphatic rings. The van der Waals surface area contributed by atoms with Gasteiger partial charge in [-0.1, -0.05) is 18.2 Å². The Bertz CT molecular complexity index is 335. The summed E-state index contributed by atoms with van der Waals surface area (Å²) in [7, 11) is 2.18. The number of hydrogen-bond acceptors (Lipinski definition) is 2. The molecule has 1 aliphatic heterocycles. The van der Waals surface area contributed by atoms with Crippen LogP contribution in [0.25, 0.3) is 0 Å². The fourth-order valence-electron chi connectivity index (χ4n) is 2.26. The van der Waals surface area contributed by atoms with E-state index < -0.39 is 0 Å². The van der Waals surface area contributed by atoms with Gasteiger partial charge in [-0.15, -0.1) is 0 Å². The van der Waals surface area contributed by atoms with Crippen molar-refractivity contribution in [1.29, 1.82) is 0 Å². The van der Waals surface area contributed by atoms with Gasteiger partial charge in [-0.2, -0.15) is 0 Å². The highest BCUT2D eigenvalue weighted by atomic mass is 16.2. The summed E-state index contributed by atoms with van der Waals surface area (Å²) in [5.41, 5.74) is 4.20. The summed E-state index contributed by atoms with van der Waals surface area (Å²) < 4.78 is 0. The molecule has 0 spiro atoms. The lowest BCUT2D eigenvalue weighted by molar-refractivity contribution is 0.299. The second kappa shape index (κ2) is 4.77. The Kier molecular flexibility index (Phi) is 3.39. The van der Waals surface area contributed by atoms with Crippen molar-refractivity contribution < 1.29 is 5.11 Å². The molecule has 0 saturated carbocycles. The first-order valence-corrected chi connectivity index (χ1v) is 5.69. The standard InChI is InChI=1S/C13H19NO/c1-14-7-2-3-12-9-11(6-8-15)4-5-13(12)10-14/h4-5,9,15H,2-3,6-8,10H2,1H3. The maximum atomic E-state index is 8.91. The van der Waals surface area contributed by atoms with Crippen molar-refractivity contribution in [3.63, 3.8) is 0 Å². The number of aliphatic hydroxyl groups excluding tert-OH is 1. The van der Waals surface area contributed by atoms with Crippen LogP contribution in [0, 0.1) is 0 Å². The molecule has 0 radical (unpaired) electrons. The third-order valence-electron chi connectivity index (χ3n) is 3.10. The van der Waals surface area contributed by atoms with Crippen LogP contribution in [0.5, 0.6) is 0 Å². The molecule has 0 unspecified atom stereocenters. The van der Waals surface area contributed by atoms with Crippen LogP contribution in [0.3, 0.4) is 0 Å². The molecule has 1 N–H and O–H groups in total. The normalized spacial score (nSPS) is 17.2. The molecule has 0 atom stereocenters. The van der Waals surface area contributed by atoms with Gasteiger partial charge < -0.3 is 10.0 Å². The Balaban J connectivity index is 2.23. The van der Waals surface area contributed by atoms with Crippen molar-refractivity contribution in [2.24, 2.45) is 0 Å². The van der Waals surface area contributed by atoms with Crippen LogP contribution >= 0.6 is 0 Å². The predicted octanol–water partition coefficient (Wildman–Crippen LogP) is 1.60. The molecule has 0 aromatic heterocycles. The van der Waals surface area contributed by atoms with Crippen molar-refractivity contribution in [3.05, 3.63) is 34.9 Å². The SMILES string of the molecule is CN1CCCc2cc(CCO)ccc2C1. The molecule has 0 bridgehead atoms. The zero-order chi connectivity index (χ0) is 10.7. The van der Waals surface area contributed by atoms with Crippen molar-refractivity contribution in [3.8, 4) is 0 Å². The molecule has 2 nitrogen and oxygen atoms in total. The van der Waals surface area contributed by atoms with E-state index >= 15 is 0 Å². The largest absolute Gasteiger partial charge is 0.396 e. The Morgan fingerprint density at radius 1 is 1.33 bits per heavy atom. The zero-order valence-corrected chi connectivity index (χ0v) is 9.37. The average molecular weight is 205 g/mol. The predicted molar refractivity (Wildman–Crippen MR) is 61.9 cm³/mol. The minimum atomic E-state index is 0.249. The van der Waals surface area contributed by atoms with Gasteiger partial charge in [0.15, 0.2) is 0 Å². The highest BCUT2D eigenvalue weighted by molar-refractivity contribution is 5.33. The van der Waals surface area contributed by atoms with E-state index in [0.29, 0.717) is 0 Å². The van der Waals surface area contributed by atoms with Crippen LogP contribution in [-0.2, 0) is 19.4 Å². The van der Waals surface area contributed by atoms with E-state index in [4.69, 9.17) is 5.11 Å². The third-order valence-corrected chi connectivity index (χ3v) is 3.10. The smallest absolute Gasteiger partial charge is 0.0471 e. The lowest BCUT2D eigenvalue weighted by Gasteiger charge is -2.13. The summed E-state index contributed by atoms with van der Waals surface area (Å²) in [5, 5.41) is 8.91. The van der Waals surface area contributed by atoms with Crippen molar-refractivity contribution in [2.45, 2.75) is 25.8 Å². The number of nitrogens with zero attached hydrogens (tertiary/aromatic N) is 1. The minimum absolute atomic E-state index is 0.249. The van der Waals surface area contributed by atoms with E-state index in [0.717, 1.165) is 13.0 Å². The molecule has 0 saturated heterocycles. The third kappa shape index (κ3) is 2.58. The van der Waals surface area contributed by atoms with Crippen LogP contribution in [-0.4, -0.2) is 30.2 Å². The summed E-state index contributed by atoms with van der Waals surface area (Å²) in [5.74, 6) is 0. The first-order chi connectivity index (χ1) is 7.29. The van der Waals surface area contributed by atoms with E-state index in [-0.39, 0.29) is 6.61 Å². The average Bonchev–Trinajstić information content (AvgIpc) is 2.39. The zero-order valence-electron chi connectivity index (χ0n) is 9.37. The van der Waals surface area contributed by atoms with Crippen molar-refractivity contribution >= 4 is 0 Å². The minimum Gasteiger partial charge on any atom is -0.396 e. The Labute approximate surface area is 91.5 Å². The molecule has 1 aromatic carbocycles. The molecule has 0 aliphatic carbocycles. The molecular formula is C13H19NO. The number of aryl methyl sites for hydroxylation is 1. The van der Waals surface area contributed by atoms with Gasteiger partial charge in [-0.3, -0.25) is 0 Å². The lowest BCUT2D eigenvalue weighted by Crippen LogP contribution is -2.17. The number of benzene rings is 1. The molecule has 2 rings (SSSR count). The van der Waals surface area contributed by atoms with E-state index in [1.54, 1.807) is 0 Å². The van der Waals surface area contributed by atoms with Crippen LogP contribution in [0.1, 0.15) is 23.1 Å². The van der Waals surface area contributed by atoms with Crippen LogP contribution in [0.2, 0.25) is 0 Å². The van der Waals surface area contributed by atoms with E-state index in [2.05, 4.69) is 30.1 Å². The van der Waals surface area contributed by atoms with Gasteiger partial charge in [-0.25, -0.2) is 0 Å². The Hall–Kier alpha value is -0.860. The number of rotatable bonds is 2. The van der Waals surface area contributed by atoms with Gasteiger partial charge in [0.1, 0.15) is 0 Å². The van der Waals surface area contributed by atoms with E-state index in [9.17, 15) is 0 Å². The second-order valence-corrected chi connectivity index (χ2v) is 4.42. The van der Waals surface area contributed by atoms with Gasteiger partial charge in [0.05, 0.1) is 0 Å². The second-order valence-electron chi connectivity index (χ2n) is 4.42. The quantitative estimate of drug-likeness (QED) is 0.792. The van der Waals surface area contributed by atoms with Gasteiger partial charge >= 0.3 is 0 Å². The molecule has 1 heterocycles. The lowest BCUT2D eigenvalue weighted by atomic mass is 10.00. The van der Waals surface area contributed by atoms with Crippen molar-refractivity contribution in [2.75, 3.05) is 20.2 Å². The van der Waals surface area contributed by atoms with Gasteiger partial charge in [0, 0.05) is 13.2 Å². The van der Waals surface area contributed by atoms with E-state index in [1.165, 1.54) is 36.1 Å². The van der Waals surface area contributed by atoms with Gasteiger partial charge in [-0.05, 0) is 49.5 Å². The Morgan fingerprint density at radius 3 is 3.00 bits per heavy atom. The van der Waals surface area contributed by atoms with Gasteiger partial charge in [0.2, 0.25) is 0 Å². The van der Waals surface area contributed by atoms with Crippen LogP contribution in [0.4, 0.5) is 0 Å². The Morgan fingerprint density at radius 2 is 2.20 bits per heavy atom. The first kappa shape index (κ1) is 10.7. The molecule has 0 fully saturated rings. The molecule has 1 aromatic rings. The molecule has 15 heavy (non-hydrogen) atoms. The monoisotopic (exact) mass is 205 g/mol. The van der Waals surface area contributed by atoms with E-state index in [1.807, 2.05) is 0 Å². The van der Waals surface area contributed by atoms with Crippen molar-refractivity contribution in [1.82, 2.24) is 4.90 Å². The number of fused-ring (bicyclic) bond motifs is 1. The molecular weight excluding hydrogens is 186 g/mol. The fraction of sp³-hybridized carbons (Fsp3) is 0.538.